The molecule has 0 saturated carbocycles. The summed E-state index contributed by atoms with van der Waals surface area (Å²) in [7, 11) is 0. The number of hydrogen-bond acceptors (Lipinski definition) is 5. The van der Waals surface area contributed by atoms with Gasteiger partial charge in [-0.3, -0.25) is 4.79 Å². The van der Waals surface area contributed by atoms with Crippen molar-refractivity contribution in [1.82, 2.24) is 4.98 Å². The largest absolute Gasteiger partial charge is 0.494 e. The zero-order valence-corrected chi connectivity index (χ0v) is 16.2. The highest BCUT2D eigenvalue weighted by Gasteiger charge is 2.15. The summed E-state index contributed by atoms with van der Waals surface area (Å²) in [5.74, 6) is 0.637. The molecule has 29 heavy (non-hydrogen) atoms. The smallest absolute Gasteiger partial charge is 0.255 e. The van der Waals surface area contributed by atoms with Gasteiger partial charge in [0.2, 0.25) is 0 Å². The highest BCUT2D eigenvalue weighted by atomic mass is 19.1. The Kier molecular flexibility index (Phi) is 5.57. The van der Waals surface area contributed by atoms with Crippen molar-refractivity contribution < 1.29 is 18.7 Å². The molecule has 0 spiro atoms. The Morgan fingerprint density at radius 1 is 1.17 bits per heavy atom. The topological polar surface area (TPSA) is 63.7 Å². The maximum Gasteiger partial charge on any atom is 0.255 e. The van der Waals surface area contributed by atoms with Gasteiger partial charge in [0, 0.05) is 29.7 Å². The lowest BCUT2D eigenvalue weighted by atomic mass is 10.1. The number of halogens is 1. The van der Waals surface area contributed by atoms with Gasteiger partial charge in [-0.05, 0) is 55.5 Å². The Bertz CT molecular complexity index is 1020. The predicted octanol–water partition coefficient (Wildman–Crippen LogP) is 3.86. The number of aromatic nitrogens is 1. The molecule has 2 aromatic carbocycles. The maximum atomic E-state index is 14.7. The number of amides is 1. The van der Waals surface area contributed by atoms with Crippen LogP contribution in [0.5, 0.6) is 5.75 Å². The summed E-state index contributed by atoms with van der Waals surface area (Å²) >= 11 is 0. The number of fused-ring (bicyclic) bond motifs is 1. The summed E-state index contributed by atoms with van der Waals surface area (Å²) in [5.41, 5.74) is 1.14. The van der Waals surface area contributed by atoms with Crippen LogP contribution in [0.3, 0.4) is 0 Å². The number of anilines is 2. The molecule has 7 heteroatoms. The van der Waals surface area contributed by atoms with Crippen LogP contribution in [0.25, 0.3) is 10.9 Å². The van der Waals surface area contributed by atoms with E-state index in [-0.39, 0.29) is 11.4 Å². The summed E-state index contributed by atoms with van der Waals surface area (Å²) in [5, 5.41) is 3.37. The van der Waals surface area contributed by atoms with Crippen LogP contribution in [0.1, 0.15) is 17.3 Å². The zero-order chi connectivity index (χ0) is 20.2. The predicted molar refractivity (Wildman–Crippen MR) is 110 cm³/mol. The zero-order valence-electron chi connectivity index (χ0n) is 16.2. The Morgan fingerprint density at radius 2 is 1.93 bits per heavy atom. The van der Waals surface area contributed by atoms with Crippen LogP contribution in [-0.4, -0.2) is 43.8 Å². The molecule has 0 radical (unpaired) electrons. The van der Waals surface area contributed by atoms with Crippen LogP contribution < -0.4 is 15.0 Å². The van der Waals surface area contributed by atoms with Crippen LogP contribution in [0, 0.1) is 5.82 Å². The minimum Gasteiger partial charge on any atom is -0.494 e. The SMILES string of the molecule is CCOc1ccc(C(=O)Nc2cc(F)c3nc(N4CCOCC4)ccc3c2)cc1. The Hall–Kier alpha value is -3.19. The normalized spacial score (nSPS) is 14.1. The van der Waals surface area contributed by atoms with Gasteiger partial charge >= 0.3 is 0 Å². The van der Waals surface area contributed by atoms with Gasteiger partial charge in [0.15, 0.2) is 5.82 Å². The standard InChI is InChI=1S/C22H22FN3O3/c1-2-29-18-6-3-15(4-7-18)22(27)24-17-13-16-5-8-20(25-21(16)19(23)14-17)26-9-11-28-12-10-26/h3-8,13-14H,2,9-12H2,1H3,(H,24,27). The van der Waals surface area contributed by atoms with Gasteiger partial charge in [-0.2, -0.15) is 0 Å². The molecule has 0 atom stereocenters. The van der Waals surface area contributed by atoms with E-state index >= 15 is 0 Å². The van der Waals surface area contributed by atoms with Crippen molar-refractivity contribution >= 4 is 28.3 Å². The van der Waals surface area contributed by atoms with Gasteiger partial charge in [-0.1, -0.05) is 0 Å². The first-order valence-electron chi connectivity index (χ1n) is 9.61. The lowest BCUT2D eigenvalue weighted by Crippen LogP contribution is -2.36. The fourth-order valence-corrected chi connectivity index (χ4v) is 3.29. The molecule has 2 heterocycles. The van der Waals surface area contributed by atoms with Crippen molar-refractivity contribution in [3.05, 3.63) is 59.9 Å². The van der Waals surface area contributed by atoms with E-state index in [0.717, 1.165) is 18.9 Å². The van der Waals surface area contributed by atoms with E-state index in [1.807, 2.05) is 19.1 Å². The Balaban J connectivity index is 1.54. The van der Waals surface area contributed by atoms with Crippen molar-refractivity contribution in [2.45, 2.75) is 6.92 Å². The van der Waals surface area contributed by atoms with Crippen molar-refractivity contribution in [3.8, 4) is 5.75 Å². The first kappa shape index (κ1) is 19.1. The van der Waals surface area contributed by atoms with E-state index in [0.29, 0.717) is 42.2 Å². The molecule has 1 aliphatic heterocycles. The second-order valence-corrected chi connectivity index (χ2v) is 6.71. The summed E-state index contributed by atoms with van der Waals surface area (Å²) in [6, 6.07) is 13.5. The van der Waals surface area contributed by atoms with Gasteiger partial charge in [-0.25, -0.2) is 9.37 Å². The van der Waals surface area contributed by atoms with Gasteiger partial charge < -0.3 is 19.7 Å². The number of carbonyl (C=O) groups is 1. The number of rotatable bonds is 5. The molecule has 0 aliphatic carbocycles. The molecular formula is C22H22FN3O3. The highest BCUT2D eigenvalue weighted by molar-refractivity contribution is 6.05. The van der Waals surface area contributed by atoms with Crippen molar-refractivity contribution in [3.63, 3.8) is 0 Å². The quantitative estimate of drug-likeness (QED) is 0.711. The average Bonchev–Trinajstić information content (AvgIpc) is 2.75. The van der Waals surface area contributed by atoms with E-state index < -0.39 is 5.82 Å². The monoisotopic (exact) mass is 395 g/mol. The number of nitrogens with zero attached hydrogens (tertiary/aromatic N) is 2. The number of hydrogen-bond donors (Lipinski definition) is 1. The minimum atomic E-state index is -0.473. The summed E-state index contributed by atoms with van der Waals surface area (Å²) in [6.07, 6.45) is 0. The van der Waals surface area contributed by atoms with Crippen LogP contribution in [0.15, 0.2) is 48.5 Å². The van der Waals surface area contributed by atoms with Crippen molar-refractivity contribution in [2.24, 2.45) is 0 Å². The van der Waals surface area contributed by atoms with Gasteiger partial charge in [0.25, 0.3) is 5.91 Å². The molecule has 1 amide bonds. The third-order valence-corrected chi connectivity index (χ3v) is 4.75. The lowest BCUT2D eigenvalue weighted by Gasteiger charge is -2.28. The van der Waals surface area contributed by atoms with E-state index in [9.17, 15) is 9.18 Å². The Labute approximate surface area is 168 Å². The molecule has 0 bridgehead atoms. The number of nitrogens with one attached hydrogen (secondary N) is 1. The number of pyridine rings is 1. The van der Waals surface area contributed by atoms with Crippen LogP contribution >= 0.6 is 0 Å². The number of benzene rings is 2. The fourth-order valence-electron chi connectivity index (χ4n) is 3.29. The Morgan fingerprint density at radius 3 is 2.66 bits per heavy atom. The molecule has 1 fully saturated rings. The van der Waals surface area contributed by atoms with Crippen LogP contribution in [0.2, 0.25) is 0 Å². The second-order valence-electron chi connectivity index (χ2n) is 6.71. The molecule has 0 unspecified atom stereocenters. The summed E-state index contributed by atoms with van der Waals surface area (Å²) < 4.78 is 25.4. The molecule has 1 saturated heterocycles. The molecule has 1 aromatic heterocycles. The average molecular weight is 395 g/mol. The number of ether oxygens (including phenoxy) is 2. The first-order valence-corrected chi connectivity index (χ1v) is 9.61. The van der Waals surface area contributed by atoms with Crippen LogP contribution in [0.4, 0.5) is 15.9 Å². The minimum absolute atomic E-state index is 0.285. The summed E-state index contributed by atoms with van der Waals surface area (Å²) in [4.78, 5) is 19.0. The van der Waals surface area contributed by atoms with Crippen molar-refractivity contribution in [1.29, 1.82) is 0 Å². The fraction of sp³-hybridized carbons (Fsp3) is 0.273. The highest BCUT2D eigenvalue weighted by Crippen LogP contribution is 2.25. The second kappa shape index (κ2) is 8.45. The molecule has 4 rings (SSSR count). The lowest BCUT2D eigenvalue weighted by molar-refractivity contribution is 0.102. The molecule has 1 aliphatic rings. The molecule has 1 N–H and O–H groups in total. The van der Waals surface area contributed by atoms with Gasteiger partial charge in [0.1, 0.15) is 17.1 Å². The number of carbonyl (C=O) groups excluding carboxylic acids is 1. The number of morpholine rings is 1. The van der Waals surface area contributed by atoms with Gasteiger partial charge in [-0.15, -0.1) is 0 Å². The molecule has 3 aromatic rings. The van der Waals surface area contributed by atoms with E-state index in [2.05, 4.69) is 15.2 Å². The molecular weight excluding hydrogens is 373 g/mol. The van der Waals surface area contributed by atoms with Crippen molar-refractivity contribution in [2.75, 3.05) is 43.1 Å². The molecule has 150 valence electrons. The van der Waals surface area contributed by atoms with Gasteiger partial charge in [0.05, 0.1) is 19.8 Å². The third-order valence-electron chi connectivity index (χ3n) is 4.75. The van der Waals surface area contributed by atoms with E-state index in [4.69, 9.17) is 9.47 Å². The molecule has 6 nitrogen and oxygen atoms in total. The maximum absolute atomic E-state index is 14.7. The van der Waals surface area contributed by atoms with E-state index in [1.165, 1.54) is 6.07 Å². The third kappa shape index (κ3) is 4.30. The first-order chi connectivity index (χ1) is 14.1. The van der Waals surface area contributed by atoms with Crippen LogP contribution in [-0.2, 0) is 4.74 Å². The van der Waals surface area contributed by atoms with E-state index in [1.54, 1.807) is 30.3 Å². The summed E-state index contributed by atoms with van der Waals surface area (Å²) in [6.45, 7) is 5.20.